The van der Waals surface area contributed by atoms with Crippen molar-refractivity contribution in [2.24, 2.45) is 39.0 Å². The van der Waals surface area contributed by atoms with E-state index in [0.29, 0.717) is 51.9 Å². The second-order valence-electron chi connectivity index (χ2n) is 22.1. The number of amides is 1. The zero-order chi connectivity index (χ0) is 46.1. The fourth-order valence-electron chi connectivity index (χ4n) is 13.5. The summed E-state index contributed by atoms with van der Waals surface area (Å²) in [5, 5.41) is 25.0. The number of benzene rings is 2. The molecule has 10 rings (SSSR count). The largest absolute Gasteiger partial charge is 0.489 e. The lowest BCUT2D eigenvalue weighted by atomic mass is 9.49. The van der Waals surface area contributed by atoms with Crippen LogP contribution in [0.5, 0.6) is 5.75 Å². The van der Waals surface area contributed by atoms with E-state index in [1.807, 2.05) is 0 Å². The third-order valence-electron chi connectivity index (χ3n) is 16.9. The summed E-state index contributed by atoms with van der Waals surface area (Å²) in [5.41, 5.74) is 11.2. The highest BCUT2D eigenvalue weighted by atomic mass is 35.5. The molecule has 6 saturated heterocycles. The number of carbonyl (C=O) groups excluding carboxylic acids is 1. The number of fused-ring (bicyclic) bond motifs is 3. The van der Waals surface area contributed by atoms with Crippen LogP contribution in [0.15, 0.2) is 47.5 Å². The normalized spacial score (nSPS) is 38.8. The Hall–Kier alpha value is -2.85. The maximum atomic E-state index is 13.8. The summed E-state index contributed by atoms with van der Waals surface area (Å²) < 4.78 is 12.5. The number of rotatable bonds is 10. The van der Waals surface area contributed by atoms with E-state index in [-0.39, 0.29) is 71.1 Å². The lowest BCUT2D eigenvalue weighted by Gasteiger charge is -2.63. The molecule has 2 aromatic carbocycles. The molecule has 1 aliphatic carbocycles. The zero-order valence-corrected chi connectivity index (χ0v) is 41.5. The van der Waals surface area contributed by atoms with Gasteiger partial charge in [0, 0.05) is 92.1 Å². The van der Waals surface area contributed by atoms with Crippen LogP contribution < -0.4 is 36.9 Å². The molecule has 0 radical (unpaired) electrons. The monoisotopic (exact) mass is 942 g/mol. The van der Waals surface area contributed by atoms with Crippen LogP contribution in [-0.2, 0) is 16.1 Å². The molecule has 9 atom stereocenters. The summed E-state index contributed by atoms with van der Waals surface area (Å²) in [5.74, 6) is 1.39. The van der Waals surface area contributed by atoms with Gasteiger partial charge in [0.25, 0.3) is 0 Å². The Kier molecular flexibility index (Phi) is 13.1. The van der Waals surface area contributed by atoms with Gasteiger partial charge in [0.05, 0.1) is 46.9 Å². The van der Waals surface area contributed by atoms with Crippen LogP contribution in [0, 0.1) is 45.3 Å². The van der Waals surface area contributed by atoms with Crippen LogP contribution in [0.2, 0.25) is 5.02 Å². The molecule has 1 spiro atoms. The van der Waals surface area contributed by atoms with Crippen molar-refractivity contribution in [3.05, 3.63) is 64.2 Å². The third kappa shape index (κ3) is 8.73. The van der Waals surface area contributed by atoms with E-state index in [1.165, 1.54) is 36.1 Å². The summed E-state index contributed by atoms with van der Waals surface area (Å²) in [6.45, 7) is 23.9. The van der Waals surface area contributed by atoms with Crippen LogP contribution in [0.1, 0.15) is 90.8 Å². The first kappa shape index (κ1) is 46.9. The number of halogens is 1. The number of thioether (sulfide) groups is 1. The Morgan fingerprint density at radius 1 is 1.02 bits per heavy atom. The van der Waals surface area contributed by atoms with Crippen molar-refractivity contribution in [2.75, 3.05) is 52.4 Å². The van der Waals surface area contributed by atoms with Crippen molar-refractivity contribution < 1.29 is 14.3 Å². The highest BCUT2D eigenvalue weighted by Crippen LogP contribution is 2.56. The van der Waals surface area contributed by atoms with Crippen LogP contribution in [0.25, 0.3) is 0 Å². The smallest absolute Gasteiger partial charge is 0.225 e. The number of aliphatic imine (C=N–C) groups is 1. The number of hydrogen-bond donors (Lipinski definition) is 6. The summed E-state index contributed by atoms with van der Waals surface area (Å²) >= 11 is 8.43. The molecule has 0 bridgehead atoms. The number of nitriles is 1. The average Bonchev–Trinajstić information content (AvgIpc) is 4.09. The number of carbonyl (C=O) groups is 1. The van der Waals surface area contributed by atoms with Gasteiger partial charge in [-0.3, -0.25) is 40.4 Å². The van der Waals surface area contributed by atoms with E-state index >= 15 is 0 Å². The van der Waals surface area contributed by atoms with Gasteiger partial charge >= 0.3 is 0 Å². The van der Waals surface area contributed by atoms with Gasteiger partial charge in [-0.15, -0.1) is 11.8 Å². The number of hydrogen-bond acceptors (Lipinski definition) is 14. The molecular weight excluding hydrogens is 870 g/mol. The summed E-state index contributed by atoms with van der Waals surface area (Å²) in [6, 6.07) is 16.7. The number of nitrogens with zero attached hydrogens (tertiary/aromatic N) is 5. The van der Waals surface area contributed by atoms with Crippen molar-refractivity contribution in [1.29, 1.82) is 5.26 Å². The molecule has 358 valence electrons. The Bertz CT molecular complexity index is 2160. The van der Waals surface area contributed by atoms with E-state index in [9.17, 15) is 10.1 Å². The van der Waals surface area contributed by atoms with Gasteiger partial charge in [-0.25, -0.2) is 10.9 Å². The molecule has 0 aromatic heterocycles. The molecule has 1 saturated carbocycles. The molecule has 16 heteroatoms. The molecule has 2 aromatic rings. The van der Waals surface area contributed by atoms with Crippen molar-refractivity contribution in [2.45, 2.75) is 134 Å². The van der Waals surface area contributed by atoms with Gasteiger partial charge in [-0.2, -0.15) is 5.26 Å². The van der Waals surface area contributed by atoms with E-state index < -0.39 is 0 Å². The summed E-state index contributed by atoms with van der Waals surface area (Å²) in [4.78, 5) is 27.4. The Morgan fingerprint density at radius 3 is 2.50 bits per heavy atom. The maximum Gasteiger partial charge on any atom is 0.225 e. The van der Waals surface area contributed by atoms with E-state index in [0.717, 1.165) is 52.3 Å². The van der Waals surface area contributed by atoms with Crippen LogP contribution in [0.3, 0.4) is 0 Å². The highest BCUT2D eigenvalue weighted by Gasteiger charge is 2.64. The van der Waals surface area contributed by atoms with Gasteiger partial charge < -0.3 is 14.8 Å². The van der Waals surface area contributed by atoms with Crippen molar-refractivity contribution in [1.82, 2.24) is 46.8 Å². The van der Waals surface area contributed by atoms with Crippen LogP contribution >= 0.6 is 23.4 Å². The number of nitrogens with one attached hydrogen (secondary N) is 6. The number of ether oxygens (including phenoxy) is 2. The van der Waals surface area contributed by atoms with Crippen LogP contribution in [0.4, 0.5) is 0 Å². The standard InChI is InChI=1S/C50H72ClN11O3S/c1-29-30(2)66-44-40(29)41(56-38(22-39-53-17-20-64-39)42-59-58-31(3)62(42)44)33-11-9-32(10-12-33)26-60-19-16-50(27-60)15-8-18-61(28-50)47-54-24-35(25-55-47)43(63)57-45-48(4,5)46(49(45,6)7)65-36-14-13-34(23-52)37(51)21-36/h9-14,21,29-31,35,38-40,42,44-47,53-55,58-59H,8,15-20,22,24-28H2,1-7H3,(H,57,63)/t29?,30?,31?,35?,38-,39?,40?,42?,44?,45?,46?,47?,50-/m0/s1. The minimum Gasteiger partial charge on any atom is -0.489 e. The molecule has 7 heterocycles. The summed E-state index contributed by atoms with van der Waals surface area (Å²) in [7, 11) is 0. The van der Waals surface area contributed by atoms with Crippen molar-refractivity contribution in [3.63, 3.8) is 0 Å². The Morgan fingerprint density at radius 2 is 1.79 bits per heavy atom. The minimum atomic E-state index is -0.307. The lowest BCUT2D eigenvalue weighted by molar-refractivity contribution is -0.174. The van der Waals surface area contributed by atoms with Crippen LogP contribution in [-0.4, -0.2) is 132 Å². The zero-order valence-electron chi connectivity index (χ0n) is 39.9. The molecule has 7 unspecified atom stereocenters. The molecule has 8 aliphatic rings. The molecule has 14 nitrogen and oxygen atoms in total. The van der Waals surface area contributed by atoms with Gasteiger partial charge in [-0.1, -0.05) is 77.4 Å². The van der Waals surface area contributed by atoms with E-state index in [4.69, 9.17) is 26.1 Å². The number of likely N-dealkylation sites (tertiary alicyclic amines) is 2. The van der Waals surface area contributed by atoms with Gasteiger partial charge in [0.1, 0.15) is 30.4 Å². The Balaban J connectivity index is 0.733. The predicted octanol–water partition coefficient (Wildman–Crippen LogP) is 4.89. The molecule has 7 aliphatic heterocycles. The average molecular weight is 943 g/mol. The van der Waals surface area contributed by atoms with Crippen molar-refractivity contribution >= 4 is 35.0 Å². The third-order valence-corrected chi connectivity index (χ3v) is 18.8. The SMILES string of the molecule is CC1SC2C(C(c3ccc(CN4CC[C@@]5(CCCN(C6NCC(C(=O)NC7C(C)(C)C(Oc8ccc(C#N)c(Cl)c8)C7(C)C)CN6)C5)C4)cc3)=N[C@@H](CC3NCCO3)C3NNC(C)N23)C1C. The van der Waals surface area contributed by atoms with E-state index in [2.05, 4.69) is 137 Å². The van der Waals surface area contributed by atoms with Gasteiger partial charge in [0.15, 0.2) is 0 Å². The molecular formula is C50H72ClN11O3S. The molecule has 7 fully saturated rings. The predicted molar refractivity (Wildman–Crippen MR) is 260 cm³/mol. The second kappa shape index (κ2) is 18.5. The first-order chi connectivity index (χ1) is 31.6. The summed E-state index contributed by atoms with van der Waals surface area (Å²) in [6.07, 6.45) is 4.78. The van der Waals surface area contributed by atoms with Gasteiger partial charge in [-0.05, 0) is 67.3 Å². The Labute approximate surface area is 401 Å². The lowest BCUT2D eigenvalue weighted by Crippen LogP contribution is -2.75. The number of hydrazine groups is 1. The first-order valence-corrected chi connectivity index (χ1v) is 26.0. The topological polar surface area (TPSA) is 154 Å². The minimum absolute atomic E-state index is 0.0315. The maximum absolute atomic E-state index is 13.8. The fourth-order valence-corrected chi connectivity index (χ4v) is 15.5. The second-order valence-corrected chi connectivity index (χ2v) is 24.0. The molecule has 66 heavy (non-hydrogen) atoms. The first-order valence-electron chi connectivity index (χ1n) is 24.7. The number of piperidine rings is 1. The van der Waals surface area contributed by atoms with Gasteiger partial charge in [0.2, 0.25) is 5.91 Å². The quantitative estimate of drug-likeness (QED) is 0.192. The van der Waals surface area contributed by atoms with E-state index in [1.54, 1.807) is 18.2 Å². The molecule has 6 N–H and O–H groups in total. The highest BCUT2D eigenvalue weighted by molar-refractivity contribution is 8.00. The molecule has 1 amide bonds. The fraction of sp³-hybridized carbons (Fsp3) is 0.700. The van der Waals surface area contributed by atoms with Crippen molar-refractivity contribution in [3.8, 4) is 11.8 Å².